The van der Waals surface area contributed by atoms with E-state index in [0.717, 1.165) is 11.1 Å². The second kappa shape index (κ2) is 5.03. The van der Waals surface area contributed by atoms with Crippen molar-refractivity contribution in [3.05, 3.63) is 40.9 Å². The van der Waals surface area contributed by atoms with Crippen LogP contribution >= 0.6 is 11.6 Å². The summed E-state index contributed by atoms with van der Waals surface area (Å²) in [7, 11) is 0. The first-order valence-corrected chi connectivity index (χ1v) is 4.71. The number of rotatable bonds is 4. The van der Waals surface area contributed by atoms with Crippen molar-refractivity contribution >= 4 is 11.6 Å². The fourth-order valence-electron chi connectivity index (χ4n) is 1.32. The predicted molar refractivity (Wildman–Crippen MR) is 57.8 cm³/mol. The second-order valence-electron chi connectivity index (χ2n) is 2.94. The number of ether oxygens (including phenoxy) is 1. The summed E-state index contributed by atoms with van der Waals surface area (Å²) in [4.78, 5) is 0. The first-order valence-electron chi connectivity index (χ1n) is 4.33. The maximum Gasteiger partial charge on any atom is 0.186 e. The number of aliphatic hydroxyl groups is 1. The zero-order valence-corrected chi connectivity index (χ0v) is 8.84. The van der Waals surface area contributed by atoms with Crippen molar-refractivity contribution in [3.8, 4) is 5.75 Å². The second-order valence-corrected chi connectivity index (χ2v) is 3.35. The molecule has 0 radical (unpaired) electrons. The predicted octanol–water partition coefficient (Wildman–Crippen LogP) is 2.71. The van der Waals surface area contributed by atoms with E-state index in [-0.39, 0.29) is 6.79 Å². The Kier molecular flexibility index (Phi) is 3.98. The van der Waals surface area contributed by atoms with Crippen LogP contribution < -0.4 is 4.74 Å². The van der Waals surface area contributed by atoms with E-state index in [9.17, 15) is 0 Å². The SMILES string of the molecule is C=CCc1c(C)ccc(Cl)c1OCO. The summed E-state index contributed by atoms with van der Waals surface area (Å²) < 4.78 is 5.08. The number of benzene rings is 1. The highest BCUT2D eigenvalue weighted by molar-refractivity contribution is 6.32. The van der Waals surface area contributed by atoms with Gasteiger partial charge in [0, 0.05) is 5.56 Å². The van der Waals surface area contributed by atoms with E-state index in [4.69, 9.17) is 21.4 Å². The molecule has 0 aliphatic carbocycles. The van der Waals surface area contributed by atoms with Crippen LogP contribution in [-0.4, -0.2) is 11.9 Å². The molecular weight excluding hydrogens is 200 g/mol. The van der Waals surface area contributed by atoms with Crippen LogP contribution in [0.4, 0.5) is 0 Å². The molecular formula is C11H13ClO2. The van der Waals surface area contributed by atoms with Gasteiger partial charge in [0.05, 0.1) is 5.02 Å². The Morgan fingerprint density at radius 3 is 2.86 bits per heavy atom. The molecule has 1 rings (SSSR count). The van der Waals surface area contributed by atoms with Gasteiger partial charge in [-0.25, -0.2) is 0 Å². The van der Waals surface area contributed by atoms with Gasteiger partial charge in [0.25, 0.3) is 0 Å². The topological polar surface area (TPSA) is 29.5 Å². The van der Waals surface area contributed by atoms with Gasteiger partial charge < -0.3 is 9.84 Å². The van der Waals surface area contributed by atoms with Gasteiger partial charge in [-0.2, -0.15) is 0 Å². The lowest BCUT2D eigenvalue weighted by atomic mass is 10.0. The van der Waals surface area contributed by atoms with E-state index in [1.807, 2.05) is 13.0 Å². The van der Waals surface area contributed by atoms with Crippen molar-refractivity contribution < 1.29 is 9.84 Å². The molecule has 0 bridgehead atoms. The van der Waals surface area contributed by atoms with Gasteiger partial charge >= 0.3 is 0 Å². The van der Waals surface area contributed by atoms with Crippen molar-refractivity contribution in [1.82, 2.24) is 0 Å². The van der Waals surface area contributed by atoms with Crippen LogP contribution in [0.3, 0.4) is 0 Å². The van der Waals surface area contributed by atoms with E-state index >= 15 is 0 Å². The smallest absolute Gasteiger partial charge is 0.186 e. The molecule has 0 aromatic heterocycles. The standard InChI is InChI=1S/C11H13ClO2/c1-3-4-9-8(2)5-6-10(12)11(9)14-7-13/h3,5-6,13H,1,4,7H2,2H3. The van der Waals surface area contributed by atoms with Crippen LogP contribution in [0.25, 0.3) is 0 Å². The minimum atomic E-state index is -0.368. The molecule has 3 heteroatoms. The molecule has 0 heterocycles. The fourth-order valence-corrected chi connectivity index (χ4v) is 1.55. The minimum absolute atomic E-state index is 0.368. The summed E-state index contributed by atoms with van der Waals surface area (Å²) >= 11 is 5.95. The molecule has 1 N–H and O–H groups in total. The van der Waals surface area contributed by atoms with Gasteiger partial charge in [-0.3, -0.25) is 0 Å². The van der Waals surface area contributed by atoms with E-state index in [1.54, 1.807) is 12.1 Å². The Balaban J connectivity index is 3.18. The quantitative estimate of drug-likeness (QED) is 0.614. The molecule has 2 nitrogen and oxygen atoms in total. The monoisotopic (exact) mass is 212 g/mol. The van der Waals surface area contributed by atoms with Gasteiger partial charge in [-0.1, -0.05) is 23.7 Å². The minimum Gasteiger partial charge on any atom is -0.466 e. The van der Waals surface area contributed by atoms with E-state index in [0.29, 0.717) is 17.2 Å². The van der Waals surface area contributed by atoms with Crippen LogP contribution in [0.2, 0.25) is 5.02 Å². The molecule has 0 spiro atoms. The number of hydrogen-bond acceptors (Lipinski definition) is 2. The third kappa shape index (κ3) is 2.28. The fraction of sp³-hybridized carbons (Fsp3) is 0.273. The Morgan fingerprint density at radius 1 is 1.57 bits per heavy atom. The molecule has 0 amide bonds. The Hall–Kier alpha value is -0.990. The average molecular weight is 213 g/mol. The molecule has 14 heavy (non-hydrogen) atoms. The number of aliphatic hydroxyl groups excluding tert-OH is 1. The van der Waals surface area contributed by atoms with E-state index in [1.165, 1.54) is 0 Å². The van der Waals surface area contributed by atoms with Crippen molar-refractivity contribution in [1.29, 1.82) is 0 Å². The highest BCUT2D eigenvalue weighted by atomic mass is 35.5. The number of halogens is 1. The normalized spacial score (nSPS) is 9.93. The van der Waals surface area contributed by atoms with Crippen LogP contribution in [-0.2, 0) is 6.42 Å². The van der Waals surface area contributed by atoms with Crippen molar-refractivity contribution in [3.63, 3.8) is 0 Å². The third-order valence-corrected chi connectivity index (χ3v) is 2.30. The first-order chi connectivity index (χ1) is 6.70. The lowest BCUT2D eigenvalue weighted by Crippen LogP contribution is -2.00. The van der Waals surface area contributed by atoms with Gasteiger partial charge in [0.15, 0.2) is 6.79 Å². The van der Waals surface area contributed by atoms with E-state index < -0.39 is 0 Å². The van der Waals surface area contributed by atoms with Gasteiger partial charge in [0.2, 0.25) is 0 Å². The van der Waals surface area contributed by atoms with Crippen LogP contribution in [0, 0.1) is 6.92 Å². The van der Waals surface area contributed by atoms with Crippen molar-refractivity contribution in [2.45, 2.75) is 13.3 Å². The van der Waals surface area contributed by atoms with Crippen molar-refractivity contribution in [2.24, 2.45) is 0 Å². The zero-order valence-electron chi connectivity index (χ0n) is 8.09. The maximum absolute atomic E-state index is 8.72. The number of hydrogen-bond donors (Lipinski definition) is 1. The molecule has 76 valence electrons. The van der Waals surface area contributed by atoms with Crippen LogP contribution in [0.1, 0.15) is 11.1 Å². The average Bonchev–Trinajstić information content (AvgIpc) is 2.17. The first kappa shape index (κ1) is 11.1. The Morgan fingerprint density at radius 2 is 2.29 bits per heavy atom. The largest absolute Gasteiger partial charge is 0.466 e. The summed E-state index contributed by atoms with van der Waals surface area (Å²) in [6, 6.07) is 3.68. The molecule has 0 atom stereocenters. The van der Waals surface area contributed by atoms with Gasteiger partial charge in [-0.05, 0) is 25.0 Å². The summed E-state index contributed by atoms with van der Waals surface area (Å²) in [5.74, 6) is 0.550. The van der Waals surface area contributed by atoms with Gasteiger partial charge in [0.1, 0.15) is 5.75 Å². The molecule has 0 unspecified atom stereocenters. The summed E-state index contributed by atoms with van der Waals surface area (Å²) in [6.45, 7) is 5.27. The number of allylic oxidation sites excluding steroid dienone is 1. The molecule has 0 fully saturated rings. The van der Waals surface area contributed by atoms with Crippen LogP contribution in [0.15, 0.2) is 24.8 Å². The molecule has 0 aliphatic rings. The Bertz CT molecular complexity index is 334. The third-order valence-electron chi connectivity index (χ3n) is 2.00. The molecule has 0 aliphatic heterocycles. The zero-order chi connectivity index (χ0) is 10.6. The van der Waals surface area contributed by atoms with Crippen molar-refractivity contribution in [2.75, 3.05) is 6.79 Å². The lowest BCUT2D eigenvalue weighted by Gasteiger charge is -2.12. The Labute approximate surface area is 88.8 Å². The molecule has 0 saturated carbocycles. The van der Waals surface area contributed by atoms with E-state index in [2.05, 4.69) is 6.58 Å². The summed E-state index contributed by atoms with van der Waals surface area (Å²) in [5, 5.41) is 9.24. The maximum atomic E-state index is 8.72. The highest BCUT2D eigenvalue weighted by Crippen LogP contribution is 2.31. The molecule has 1 aromatic carbocycles. The highest BCUT2D eigenvalue weighted by Gasteiger charge is 2.09. The summed E-state index contributed by atoms with van der Waals surface area (Å²) in [5.41, 5.74) is 2.05. The molecule has 0 saturated heterocycles. The molecule has 1 aromatic rings. The summed E-state index contributed by atoms with van der Waals surface area (Å²) in [6.07, 6.45) is 2.46. The van der Waals surface area contributed by atoms with Gasteiger partial charge in [-0.15, -0.1) is 6.58 Å². The van der Waals surface area contributed by atoms with Crippen LogP contribution in [0.5, 0.6) is 5.75 Å². The lowest BCUT2D eigenvalue weighted by molar-refractivity contribution is 0.0977. The number of aryl methyl sites for hydroxylation is 1.